The van der Waals surface area contributed by atoms with Gasteiger partial charge in [-0.05, 0) is 39.3 Å². The van der Waals surface area contributed by atoms with E-state index in [4.69, 9.17) is 4.74 Å². The van der Waals surface area contributed by atoms with Gasteiger partial charge >= 0.3 is 5.97 Å². The Morgan fingerprint density at radius 1 is 1.34 bits per heavy atom. The van der Waals surface area contributed by atoms with Gasteiger partial charge in [0.15, 0.2) is 5.96 Å². The number of ether oxygens (including phenoxy) is 1. The van der Waals surface area contributed by atoms with Gasteiger partial charge in [0, 0.05) is 25.1 Å². The van der Waals surface area contributed by atoms with Gasteiger partial charge in [0.1, 0.15) is 22.0 Å². The number of nitrogens with zero attached hydrogens (tertiary/aromatic N) is 5. The van der Waals surface area contributed by atoms with Crippen LogP contribution in [0.25, 0.3) is 5.82 Å². The highest BCUT2D eigenvalue weighted by atomic mass is 127. The second-order valence-electron chi connectivity index (χ2n) is 6.74. The Bertz CT molecular complexity index is 1020. The van der Waals surface area contributed by atoms with E-state index < -0.39 is 0 Å². The van der Waals surface area contributed by atoms with E-state index >= 15 is 0 Å². The quantitative estimate of drug-likeness (QED) is 0.185. The summed E-state index contributed by atoms with van der Waals surface area (Å²) in [7, 11) is 0. The van der Waals surface area contributed by atoms with E-state index in [1.165, 1.54) is 11.3 Å². The lowest BCUT2D eigenvalue weighted by molar-refractivity contribution is 0.0531. The van der Waals surface area contributed by atoms with Crippen LogP contribution in [0.1, 0.15) is 52.7 Å². The number of hydrogen-bond acceptors (Lipinski definition) is 7. The molecule has 11 heteroatoms. The Morgan fingerprint density at radius 3 is 2.78 bits per heavy atom. The van der Waals surface area contributed by atoms with Gasteiger partial charge in [0.05, 0.1) is 24.9 Å². The van der Waals surface area contributed by atoms with Gasteiger partial charge in [-0.15, -0.1) is 35.3 Å². The number of carbonyl (C=O) groups excluding carboxylic acids is 1. The number of guanidine groups is 1. The van der Waals surface area contributed by atoms with Gasteiger partial charge in [-0.2, -0.15) is 0 Å². The Labute approximate surface area is 208 Å². The largest absolute Gasteiger partial charge is 0.462 e. The van der Waals surface area contributed by atoms with Crippen LogP contribution in [-0.4, -0.2) is 44.6 Å². The first-order chi connectivity index (χ1) is 15.0. The summed E-state index contributed by atoms with van der Waals surface area (Å²) in [4.78, 5) is 30.3. The fourth-order valence-corrected chi connectivity index (χ4v) is 3.77. The molecule has 0 spiro atoms. The summed E-state index contributed by atoms with van der Waals surface area (Å²) in [6, 6.07) is 3.81. The van der Waals surface area contributed by atoms with Crippen LogP contribution in [0.2, 0.25) is 0 Å². The Balaban J connectivity index is 0.00000363. The van der Waals surface area contributed by atoms with Gasteiger partial charge < -0.3 is 15.4 Å². The van der Waals surface area contributed by atoms with Crippen LogP contribution in [0.5, 0.6) is 0 Å². The zero-order valence-corrected chi connectivity index (χ0v) is 21.7. The minimum atomic E-state index is -0.330. The lowest BCUT2D eigenvalue weighted by Crippen LogP contribution is -2.38. The van der Waals surface area contributed by atoms with Crippen LogP contribution in [0.3, 0.4) is 0 Å². The van der Waals surface area contributed by atoms with Gasteiger partial charge in [0.25, 0.3) is 0 Å². The molecule has 1 atom stereocenters. The zero-order valence-electron chi connectivity index (χ0n) is 18.5. The fraction of sp³-hybridized carbons (Fsp3) is 0.381. The van der Waals surface area contributed by atoms with Crippen molar-refractivity contribution >= 4 is 47.2 Å². The first kappa shape index (κ1) is 25.7. The molecule has 0 radical (unpaired) electrons. The average Bonchev–Trinajstić information content (AvgIpc) is 3.43. The van der Waals surface area contributed by atoms with Crippen LogP contribution in [0.15, 0.2) is 42.0 Å². The number of aromatic nitrogens is 4. The van der Waals surface area contributed by atoms with Gasteiger partial charge in [-0.1, -0.05) is 6.07 Å². The summed E-state index contributed by atoms with van der Waals surface area (Å²) in [6.45, 7) is 9.15. The topological polar surface area (TPSA) is 106 Å². The van der Waals surface area contributed by atoms with Crippen molar-refractivity contribution in [3.05, 3.63) is 58.2 Å². The molecule has 3 rings (SSSR count). The molecule has 0 amide bonds. The van der Waals surface area contributed by atoms with Crippen LogP contribution in [0, 0.1) is 6.92 Å². The van der Waals surface area contributed by atoms with Crippen molar-refractivity contribution in [1.29, 1.82) is 0 Å². The summed E-state index contributed by atoms with van der Waals surface area (Å²) >= 11 is 1.34. The molecule has 0 bridgehead atoms. The number of aliphatic imine (C=N–C) groups is 1. The summed E-state index contributed by atoms with van der Waals surface area (Å²) in [5, 5.41) is 7.40. The second-order valence-corrected chi connectivity index (χ2v) is 7.77. The molecular formula is C21H28IN7O2S. The molecular weight excluding hydrogens is 541 g/mol. The van der Waals surface area contributed by atoms with E-state index in [2.05, 4.69) is 30.6 Å². The summed E-state index contributed by atoms with van der Waals surface area (Å²) in [6.07, 6.45) is 7.08. The molecule has 0 aliphatic carbocycles. The second kappa shape index (κ2) is 12.5. The van der Waals surface area contributed by atoms with Gasteiger partial charge in [-0.25, -0.2) is 24.7 Å². The minimum absolute atomic E-state index is 0. The maximum atomic E-state index is 12.1. The molecule has 1 unspecified atom stereocenters. The highest BCUT2D eigenvalue weighted by molar-refractivity contribution is 14.0. The molecule has 0 aromatic carbocycles. The molecule has 32 heavy (non-hydrogen) atoms. The van der Waals surface area contributed by atoms with Gasteiger partial charge in [0.2, 0.25) is 0 Å². The molecule has 172 valence electrons. The van der Waals surface area contributed by atoms with Crippen LogP contribution in [-0.2, 0) is 11.3 Å². The maximum Gasteiger partial charge on any atom is 0.350 e. The van der Waals surface area contributed by atoms with Crippen molar-refractivity contribution in [1.82, 2.24) is 30.2 Å². The highest BCUT2D eigenvalue weighted by Gasteiger charge is 2.20. The minimum Gasteiger partial charge on any atom is -0.462 e. The Morgan fingerprint density at radius 2 is 2.16 bits per heavy atom. The van der Waals surface area contributed by atoms with Crippen molar-refractivity contribution in [2.45, 2.75) is 40.3 Å². The third-order valence-corrected chi connectivity index (χ3v) is 5.66. The molecule has 2 N–H and O–H groups in total. The number of pyridine rings is 1. The third-order valence-electron chi connectivity index (χ3n) is 4.34. The third kappa shape index (κ3) is 6.73. The Kier molecular flexibility index (Phi) is 10.0. The molecule has 0 saturated carbocycles. The number of esters is 1. The van der Waals surface area contributed by atoms with Crippen LogP contribution < -0.4 is 10.6 Å². The number of carbonyl (C=O) groups is 1. The SMILES string of the molecule is CCNC(=NCc1ccc(-n2ccnc2)nc1)NC(C)c1nc(C)c(C(=O)OCC)s1.I. The lowest BCUT2D eigenvalue weighted by atomic mass is 10.3. The van der Waals surface area contributed by atoms with Crippen molar-refractivity contribution in [3.8, 4) is 5.82 Å². The molecule has 3 aromatic heterocycles. The van der Waals surface area contributed by atoms with Crippen molar-refractivity contribution in [2.24, 2.45) is 4.99 Å². The van der Waals surface area contributed by atoms with E-state index in [0.717, 1.165) is 22.9 Å². The average molecular weight is 569 g/mol. The number of rotatable bonds is 8. The molecule has 3 heterocycles. The van der Waals surface area contributed by atoms with E-state index in [9.17, 15) is 4.79 Å². The van der Waals surface area contributed by atoms with E-state index in [1.54, 1.807) is 19.4 Å². The first-order valence-electron chi connectivity index (χ1n) is 10.1. The predicted octanol–water partition coefficient (Wildman–Crippen LogP) is 3.64. The normalized spacial score (nSPS) is 12.1. The first-order valence-corrected chi connectivity index (χ1v) is 11.0. The number of thiazole rings is 1. The molecule has 0 saturated heterocycles. The van der Waals surface area contributed by atoms with Gasteiger partial charge in [-0.3, -0.25) is 4.57 Å². The van der Waals surface area contributed by atoms with Crippen molar-refractivity contribution in [2.75, 3.05) is 13.2 Å². The van der Waals surface area contributed by atoms with Crippen molar-refractivity contribution < 1.29 is 9.53 Å². The maximum absolute atomic E-state index is 12.1. The van der Waals surface area contributed by atoms with E-state index in [0.29, 0.717) is 29.7 Å². The number of halogens is 1. The molecule has 0 aliphatic heterocycles. The Hall–Kier alpha value is -2.54. The summed E-state index contributed by atoms with van der Waals surface area (Å²) in [5.41, 5.74) is 1.67. The molecule has 9 nitrogen and oxygen atoms in total. The van der Waals surface area contributed by atoms with Crippen LogP contribution in [0.4, 0.5) is 0 Å². The smallest absolute Gasteiger partial charge is 0.350 e. The monoisotopic (exact) mass is 569 g/mol. The van der Waals surface area contributed by atoms with E-state index in [-0.39, 0.29) is 36.0 Å². The number of nitrogens with one attached hydrogen (secondary N) is 2. The zero-order chi connectivity index (χ0) is 22.2. The lowest BCUT2D eigenvalue weighted by Gasteiger charge is -2.16. The summed E-state index contributed by atoms with van der Waals surface area (Å²) in [5.74, 6) is 1.14. The molecule has 3 aromatic rings. The van der Waals surface area contributed by atoms with E-state index in [1.807, 2.05) is 49.9 Å². The standard InChI is InChI=1S/C21H27N7O2S.HI/c1-5-23-21(25-12-16-7-8-17(24-11-16)28-10-9-22-13-28)27-15(4)19-26-14(3)18(31-19)20(29)30-6-2;/h7-11,13,15H,5-6,12H2,1-4H3,(H2,23,25,27);1H. The number of aryl methyl sites for hydroxylation is 1. The fourth-order valence-electron chi connectivity index (χ4n) is 2.80. The number of hydrogen-bond donors (Lipinski definition) is 2. The summed E-state index contributed by atoms with van der Waals surface area (Å²) < 4.78 is 6.95. The van der Waals surface area contributed by atoms with Crippen LogP contribution >= 0.6 is 35.3 Å². The number of imidazole rings is 1. The molecule has 0 aliphatic rings. The predicted molar refractivity (Wildman–Crippen MR) is 136 cm³/mol. The molecule has 0 fully saturated rings. The highest BCUT2D eigenvalue weighted by Crippen LogP contribution is 2.24. The van der Waals surface area contributed by atoms with Crippen molar-refractivity contribution in [3.63, 3.8) is 0 Å².